The highest BCUT2D eigenvalue weighted by atomic mass is 32.2. The monoisotopic (exact) mass is 339 g/mol. The molecule has 0 atom stereocenters. The highest BCUT2D eigenvalue weighted by Crippen LogP contribution is 2.26. The first kappa shape index (κ1) is 15.4. The van der Waals surface area contributed by atoms with Crippen LogP contribution in [0, 0.1) is 5.82 Å². The maximum Gasteiger partial charge on any atom is 0.338 e. The van der Waals surface area contributed by atoms with Crippen LogP contribution in [0.2, 0.25) is 0 Å². The first-order chi connectivity index (χ1) is 10.7. The maximum atomic E-state index is 13.5. The van der Waals surface area contributed by atoms with E-state index in [1.807, 2.05) is 13.8 Å². The van der Waals surface area contributed by atoms with Gasteiger partial charge in [-0.15, -0.1) is 5.10 Å². The Labute approximate surface area is 131 Å². The van der Waals surface area contributed by atoms with Crippen LogP contribution in [0.1, 0.15) is 13.8 Å². The van der Waals surface area contributed by atoms with Gasteiger partial charge in [-0.25, -0.2) is 13.8 Å². The molecule has 0 radical (unpaired) electrons. The van der Waals surface area contributed by atoms with Crippen LogP contribution < -0.4 is 9.50 Å². The number of anilines is 1. The fourth-order valence-electron chi connectivity index (χ4n) is 2.15. The van der Waals surface area contributed by atoms with E-state index in [4.69, 9.17) is 4.18 Å². The summed E-state index contributed by atoms with van der Waals surface area (Å²) in [6, 6.07) is 3.75. The first-order valence-electron chi connectivity index (χ1n) is 6.75. The Balaban J connectivity index is 2.36. The van der Waals surface area contributed by atoms with Crippen molar-refractivity contribution in [1.82, 2.24) is 19.6 Å². The number of hydrogen-bond donors (Lipinski definition) is 1. The Kier molecular flexibility index (Phi) is 3.55. The van der Waals surface area contributed by atoms with E-state index >= 15 is 0 Å². The average molecular weight is 339 g/mol. The lowest BCUT2D eigenvalue weighted by atomic mass is 10.3. The minimum Gasteiger partial charge on any atom is -0.365 e. The van der Waals surface area contributed by atoms with Gasteiger partial charge in [0.25, 0.3) is 0 Å². The van der Waals surface area contributed by atoms with Gasteiger partial charge in [-0.2, -0.15) is 8.42 Å². The molecule has 0 bridgehead atoms. The highest BCUT2D eigenvalue weighted by Gasteiger charge is 2.19. The van der Waals surface area contributed by atoms with Gasteiger partial charge in [-0.1, -0.05) is 5.10 Å². The summed E-state index contributed by atoms with van der Waals surface area (Å²) in [6.07, 6.45) is 0.907. The van der Waals surface area contributed by atoms with Crippen molar-refractivity contribution in [3.05, 3.63) is 24.0 Å². The van der Waals surface area contributed by atoms with Gasteiger partial charge in [0.1, 0.15) is 5.82 Å². The Morgan fingerprint density at radius 2 is 2.04 bits per heavy atom. The van der Waals surface area contributed by atoms with E-state index in [-0.39, 0.29) is 17.7 Å². The molecule has 0 aliphatic carbocycles. The van der Waals surface area contributed by atoms with E-state index in [9.17, 15) is 12.8 Å². The van der Waals surface area contributed by atoms with Gasteiger partial charge in [-0.05, 0) is 26.0 Å². The van der Waals surface area contributed by atoms with E-state index in [0.29, 0.717) is 16.9 Å². The minimum atomic E-state index is -3.79. The third-order valence-electron chi connectivity index (χ3n) is 2.91. The number of hydrogen-bond acceptors (Lipinski definition) is 7. The number of nitrogens with zero attached hydrogens (tertiary/aromatic N) is 4. The van der Waals surface area contributed by atoms with Crippen molar-refractivity contribution in [3.8, 4) is 6.01 Å². The molecule has 1 N–H and O–H groups in total. The molecule has 2 aromatic heterocycles. The summed E-state index contributed by atoms with van der Waals surface area (Å²) in [6.45, 7) is 3.80. The molecule has 1 aromatic carbocycles. The van der Waals surface area contributed by atoms with Crippen molar-refractivity contribution in [1.29, 1.82) is 0 Å². The normalized spacial score (nSPS) is 12.2. The molecule has 0 saturated carbocycles. The Hall–Kier alpha value is -2.49. The van der Waals surface area contributed by atoms with Gasteiger partial charge in [0.05, 0.1) is 17.3 Å². The molecule has 0 spiro atoms. The zero-order valence-corrected chi connectivity index (χ0v) is 13.4. The molecule has 122 valence electrons. The largest absolute Gasteiger partial charge is 0.365 e. The number of rotatable bonds is 4. The van der Waals surface area contributed by atoms with Crippen molar-refractivity contribution in [2.75, 3.05) is 11.6 Å². The topological polar surface area (TPSA) is 98.5 Å². The molecule has 23 heavy (non-hydrogen) atoms. The number of fused-ring (bicyclic) bond motifs is 3. The second-order valence-electron chi connectivity index (χ2n) is 5.32. The van der Waals surface area contributed by atoms with Crippen LogP contribution in [0.3, 0.4) is 0 Å². The summed E-state index contributed by atoms with van der Waals surface area (Å²) < 4.78 is 42.5. The third kappa shape index (κ3) is 3.02. The van der Waals surface area contributed by atoms with E-state index in [2.05, 4.69) is 20.5 Å². The molecule has 0 fully saturated rings. The first-order valence-corrected chi connectivity index (χ1v) is 8.56. The lowest BCUT2D eigenvalue weighted by molar-refractivity contribution is 0.468. The Morgan fingerprint density at radius 3 is 2.70 bits per heavy atom. The van der Waals surface area contributed by atoms with E-state index in [1.54, 1.807) is 0 Å². The SMILES string of the molecule is CC(C)Nc1nc2cc(F)ccc2n2c(OS(C)(=O)=O)nnc12. The molecule has 10 heteroatoms. The third-order valence-corrected chi connectivity index (χ3v) is 3.36. The van der Waals surface area contributed by atoms with Crippen LogP contribution in [0.25, 0.3) is 16.7 Å². The zero-order valence-electron chi connectivity index (χ0n) is 12.6. The van der Waals surface area contributed by atoms with Gasteiger partial charge < -0.3 is 9.50 Å². The van der Waals surface area contributed by atoms with E-state index in [0.717, 1.165) is 6.26 Å². The maximum absolute atomic E-state index is 13.5. The lowest BCUT2D eigenvalue weighted by Gasteiger charge is -2.12. The smallest absolute Gasteiger partial charge is 0.338 e. The standard InChI is InChI=1S/C13H14FN5O3S/c1-7(2)15-11-12-17-18-13(22-23(3,20)21)19(12)10-5-4-8(14)6-9(10)16-11/h4-7H,1-3H3,(H,15,16). The predicted molar refractivity (Wildman–Crippen MR) is 82.5 cm³/mol. The average Bonchev–Trinajstić information content (AvgIpc) is 2.80. The van der Waals surface area contributed by atoms with Gasteiger partial charge in [0, 0.05) is 12.1 Å². The van der Waals surface area contributed by atoms with Crippen LogP contribution in [-0.4, -0.2) is 40.3 Å². The Morgan fingerprint density at radius 1 is 1.30 bits per heavy atom. The van der Waals surface area contributed by atoms with Gasteiger partial charge in [0.15, 0.2) is 5.82 Å². The predicted octanol–water partition coefficient (Wildman–Crippen LogP) is 1.58. The van der Waals surface area contributed by atoms with Gasteiger partial charge >= 0.3 is 16.1 Å². The van der Waals surface area contributed by atoms with Crippen LogP contribution in [0.4, 0.5) is 10.2 Å². The molecular formula is C13H14FN5O3S. The van der Waals surface area contributed by atoms with Crippen molar-refractivity contribution in [2.45, 2.75) is 19.9 Å². The molecule has 2 heterocycles. The minimum absolute atomic E-state index is 0.0354. The van der Waals surface area contributed by atoms with Crippen molar-refractivity contribution >= 4 is 32.6 Å². The van der Waals surface area contributed by atoms with Crippen molar-refractivity contribution in [2.24, 2.45) is 0 Å². The van der Waals surface area contributed by atoms with Crippen molar-refractivity contribution in [3.63, 3.8) is 0 Å². The number of benzene rings is 1. The van der Waals surface area contributed by atoms with Crippen LogP contribution in [-0.2, 0) is 10.1 Å². The molecule has 0 amide bonds. The summed E-state index contributed by atoms with van der Waals surface area (Å²) in [5, 5.41) is 10.8. The van der Waals surface area contributed by atoms with Gasteiger partial charge in [-0.3, -0.25) is 0 Å². The molecular weight excluding hydrogens is 325 g/mol. The van der Waals surface area contributed by atoms with Crippen LogP contribution in [0.5, 0.6) is 6.01 Å². The number of halogens is 1. The zero-order chi connectivity index (χ0) is 16.8. The molecule has 0 unspecified atom stereocenters. The molecule has 3 aromatic rings. The molecule has 0 aliphatic heterocycles. The quantitative estimate of drug-likeness (QED) is 0.720. The van der Waals surface area contributed by atoms with Crippen molar-refractivity contribution < 1.29 is 17.0 Å². The summed E-state index contributed by atoms with van der Waals surface area (Å²) in [7, 11) is -3.79. The highest BCUT2D eigenvalue weighted by molar-refractivity contribution is 7.86. The summed E-state index contributed by atoms with van der Waals surface area (Å²) >= 11 is 0. The lowest BCUT2D eigenvalue weighted by Crippen LogP contribution is -2.13. The van der Waals surface area contributed by atoms with Crippen LogP contribution in [0.15, 0.2) is 18.2 Å². The fraction of sp³-hybridized carbons (Fsp3) is 0.308. The fourth-order valence-corrected chi connectivity index (χ4v) is 2.52. The summed E-state index contributed by atoms with van der Waals surface area (Å²) in [5.74, 6) is -0.104. The second-order valence-corrected chi connectivity index (χ2v) is 6.90. The second kappa shape index (κ2) is 5.30. The Bertz CT molecular complexity index is 1000. The van der Waals surface area contributed by atoms with E-state index < -0.39 is 15.9 Å². The number of aromatic nitrogens is 4. The van der Waals surface area contributed by atoms with E-state index in [1.165, 1.54) is 22.6 Å². The molecule has 3 rings (SSSR count). The van der Waals surface area contributed by atoms with Crippen LogP contribution >= 0.6 is 0 Å². The summed E-state index contributed by atoms with van der Waals surface area (Å²) in [5.41, 5.74) is 1.04. The molecule has 0 saturated heterocycles. The van der Waals surface area contributed by atoms with Gasteiger partial charge in [0.2, 0.25) is 5.65 Å². The summed E-state index contributed by atoms with van der Waals surface area (Å²) in [4.78, 5) is 4.33. The number of nitrogens with one attached hydrogen (secondary N) is 1. The molecule has 8 nitrogen and oxygen atoms in total. The molecule has 0 aliphatic rings.